The molecule has 2 heterocycles. The molecule has 3 rings (SSSR count). The van der Waals surface area contributed by atoms with Gasteiger partial charge in [0.2, 0.25) is 0 Å². The minimum atomic E-state index is -0.174. The number of aromatic nitrogens is 1. The summed E-state index contributed by atoms with van der Waals surface area (Å²) in [6, 6.07) is 9.64. The van der Waals surface area contributed by atoms with Gasteiger partial charge in [-0.3, -0.25) is 4.98 Å². The molecule has 1 aromatic carbocycles. The fourth-order valence-electron chi connectivity index (χ4n) is 3.97. The second kappa shape index (κ2) is 6.06. The molecule has 5 heteroatoms. The van der Waals surface area contributed by atoms with E-state index >= 15 is 0 Å². The van der Waals surface area contributed by atoms with E-state index in [9.17, 15) is 4.79 Å². The predicted octanol–water partition coefficient (Wildman–Crippen LogP) is 3.67. The van der Waals surface area contributed by atoms with E-state index in [1.54, 1.807) is 6.20 Å². The summed E-state index contributed by atoms with van der Waals surface area (Å²) < 4.78 is 0. The summed E-state index contributed by atoms with van der Waals surface area (Å²) in [6.07, 6.45) is 3.54. The molecule has 1 aliphatic heterocycles. The highest BCUT2D eigenvalue weighted by molar-refractivity contribution is 5.99. The van der Waals surface area contributed by atoms with Gasteiger partial charge in [0, 0.05) is 28.7 Å². The number of rotatable bonds is 2. The fourth-order valence-corrected chi connectivity index (χ4v) is 3.97. The SMILES string of the molecule is CC1(C)CC(NC(=O)Nc2cccc3cccnc23)CC(C)(C)N1. The second-order valence-electron chi connectivity index (χ2n) is 7.98. The van der Waals surface area contributed by atoms with Gasteiger partial charge in [-0.1, -0.05) is 18.2 Å². The highest BCUT2D eigenvalue weighted by atomic mass is 16.2. The number of anilines is 1. The molecule has 1 aliphatic rings. The van der Waals surface area contributed by atoms with Crippen molar-refractivity contribution in [2.24, 2.45) is 0 Å². The second-order valence-corrected chi connectivity index (χ2v) is 7.98. The van der Waals surface area contributed by atoms with Gasteiger partial charge >= 0.3 is 6.03 Å². The van der Waals surface area contributed by atoms with Gasteiger partial charge in [-0.25, -0.2) is 4.79 Å². The van der Waals surface area contributed by atoms with Crippen molar-refractivity contribution < 1.29 is 4.79 Å². The van der Waals surface area contributed by atoms with E-state index in [1.807, 2.05) is 30.3 Å². The third kappa shape index (κ3) is 3.85. The number of pyridine rings is 1. The number of nitrogens with zero attached hydrogens (tertiary/aromatic N) is 1. The van der Waals surface area contributed by atoms with Crippen molar-refractivity contribution in [3.8, 4) is 0 Å². The van der Waals surface area contributed by atoms with E-state index in [-0.39, 0.29) is 23.2 Å². The number of hydrogen-bond donors (Lipinski definition) is 3. The Morgan fingerprint density at radius 3 is 2.50 bits per heavy atom. The lowest BCUT2D eigenvalue weighted by molar-refractivity contribution is 0.149. The maximum Gasteiger partial charge on any atom is 0.319 e. The van der Waals surface area contributed by atoms with Crippen LogP contribution in [0.15, 0.2) is 36.5 Å². The van der Waals surface area contributed by atoms with Crippen LogP contribution in [0.4, 0.5) is 10.5 Å². The van der Waals surface area contributed by atoms with E-state index in [0.29, 0.717) is 0 Å². The number of benzene rings is 1. The zero-order chi connectivity index (χ0) is 17.4. The predicted molar refractivity (Wildman–Crippen MR) is 98.2 cm³/mol. The van der Waals surface area contributed by atoms with Crippen molar-refractivity contribution in [1.29, 1.82) is 0 Å². The van der Waals surface area contributed by atoms with Crippen molar-refractivity contribution in [2.45, 2.75) is 57.7 Å². The van der Waals surface area contributed by atoms with Crippen molar-refractivity contribution in [3.05, 3.63) is 36.5 Å². The Morgan fingerprint density at radius 2 is 1.79 bits per heavy atom. The number of piperidine rings is 1. The Bertz CT molecular complexity index is 733. The molecule has 128 valence electrons. The normalized spacial score (nSPS) is 19.8. The van der Waals surface area contributed by atoms with E-state index < -0.39 is 0 Å². The van der Waals surface area contributed by atoms with Crippen LogP contribution in [-0.2, 0) is 0 Å². The Kier molecular flexibility index (Phi) is 4.22. The lowest BCUT2D eigenvalue weighted by Crippen LogP contribution is -2.62. The average Bonchev–Trinajstić information content (AvgIpc) is 2.44. The molecule has 0 radical (unpaired) electrons. The fraction of sp³-hybridized carbons (Fsp3) is 0.474. The Morgan fingerprint density at radius 1 is 1.12 bits per heavy atom. The van der Waals surface area contributed by atoms with Crippen molar-refractivity contribution in [2.75, 3.05) is 5.32 Å². The summed E-state index contributed by atoms with van der Waals surface area (Å²) in [5.41, 5.74) is 1.54. The monoisotopic (exact) mass is 326 g/mol. The lowest BCUT2D eigenvalue weighted by atomic mass is 9.80. The molecular formula is C19H26N4O. The van der Waals surface area contributed by atoms with Crippen molar-refractivity contribution >= 4 is 22.6 Å². The van der Waals surface area contributed by atoms with Crippen LogP contribution in [0.2, 0.25) is 0 Å². The van der Waals surface area contributed by atoms with Crippen LogP contribution in [0.3, 0.4) is 0 Å². The molecule has 24 heavy (non-hydrogen) atoms. The van der Waals surface area contributed by atoms with Crippen LogP contribution in [0, 0.1) is 0 Å². The molecular weight excluding hydrogens is 300 g/mol. The van der Waals surface area contributed by atoms with Crippen LogP contribution in [-0.4, -0.2) is 28.1 Å². The number of urea groups is 1. The van der Waals surface area contributed by atoms with Gasteiger partial charge in [-0.15, -0.1) is 0 Å². The first-order chi connectivity index (χ1) is 11.2. The molecule has 1 saturated heterocycles. The third-order valence-corrected chi connectivity index (χ3v) is 4.41. The molecule has 0 saturated carbocycles. The first-order valence-corrected chi connectivity index (χ1v) is 8.45. The number of amides is 2. The third-order valence-electron chi connectivity index (χ3n) is 4.41. The Hall–Kier alpha value is -2.14. The maximum absolute atomic E-state index is 12.5. The summed E-state index contributed by atoms with van der Waals surface area (Å²) in [5, 5.41) is 10.7. The van der Waals surface area contributed by atoms with Crippen LogP contribution in [0.1, 0.15) is 40.5 Å². The number of carbonyl (C=O) groups is 1. The smallest absolute Gasteiger partial charge is 0.319 e. The van der Waals surface area contributed by atoms with Crippen molar-refractivity contribution in [3.63, 3.8) is 0 Å². The maximum atomic E-state index is 12.5. The van der Waals surface area contributed by atoms with E-state index in [4.69, 9.17) is 0 Å². The Balaban J connectivity index is 1.71. The summed E-state index contributed by atoms with van der Waals surface area (Å²) in [6.45, 7) is 8.70. The van der Waals surface area contributed by atoms with E-state index in [2.05, 4.69) is 48.6 Å². The van der Waals surface area contributed by atoms with Crippen LogP contribution < -0.4 is 16.0 Å². The molecule has 0 spiro atoms. The number of nitrogens with one attached hydrogen (secondary N) is 3. The number of para-hydroxylation sites is 1. The quantitative estimate of drug-likeness (QED) is 0.789. The zero-order valence-electron chi connectivity index (χ0n) is 14.8. The van der Waals surface area contributed by atoms with Crippen LogP contribution in [0.25, 0.3) is 10.9 Å². The topological polar surface area (TPSA) is 66.0 Å². The molecule has 0 atom stereocenters. The number of hydrogen-bond acceptors (Lipinski definition) is 3. The summed E-state index contributed by atoms with van der Waals surface area (Å²) in [7, 11) is 0. The first kappa shape index (κ1) is 16.7. The van der Waals surface area contributed by atoms with Crippen LogP contribution in [0.5, 0.6) is 0 Å². The lowest BCUT2D eigenvalue weighted by Gasteiger charge is -2.46. The molecule has 1 fully saturated rings. The summed E-state index contributed by atoms with van der Waals surface area (Å²) in [5.74, 6) is 0. The molecule has 0 unspecified atom stereocenters. The van der Waals surface area contributed by atoms with Gasteiger partial charge in [0.1, 0.15) is 0 Å². The minimum Gasteiger partial charge on any atom is -0.335 e. The van der Waals surface area contributed by atoms with Gasteiger partial charge in [0.25, 0.3) is 0 Å². The zero-order valence-corrected chi connectivity index (χ0v) is 14.8. The first-order valence-electron chi connectivity index (χ1n) is 8.45. The van der Waals surface area contributed by atoms with Crippen molar-refractivity contribution in [1.82, 2.24) is 15.6 Å². The van der Waals surface area contributed by atoms with Gasteiger partial charge in [0.05, 0.1) is 11.2 Å². The van der Waals surface area contributed by atoms with Gasteiger partial charge in [-0.2, -0.15) is 0 Å². The molecule has 2 amide bonds. The standard InChI is InChI=1S/C19H26N4O/c1-18(2)11-14(12-19(3,4)23-18)21-17(24)22-15-9-5-7-13-8-6-10-20-16(13)15/h5-10,14,23H,11-12H2,1-4H3,(H2,21,22,24). The molecule has 0 aliphatic carbocycles. The largest absolute Gasteiger partial charge is 0.335 e. The highest BCUT2D eigenvalue weighted by Gasteiger charge is 2.38. The molecule has 5 nitrogen and oxygen atoms in total. The van der Waals surface area contributed by atoms with Crippen LogP contribution >= 0.6 is 0 Å². The summed E-state index contributed by atoms with van der Waals surface area (Å²) in [4.78, 5) is 16.9. The van der Waals surface area contributed by atoms with E-state index in [0.717, 1.165) is 29.4 Å². The number of carbonyl (C=O) groups excluding carboxylic acids is 1. The van der Waals surface area contributed by atoms with E-state index in [1.165, 1.54) is 0 Å². The highest BCUT2D eigenvalue weighted by Crippen LogP contribution is 2.28. The van der Waals surface area contributed by atoms with Gasteiger partial charge < -0.3 is 16.0 Å². The number of fused-ring (bicyclic) bond motifs is 1. The minimum absolute atomic E-state index is 0.000690. The molecule has 0 bridgehead atoms. The Labute approximate surface area is 143 Å². The average molecular weight is 326 g/mol. The molecule has 1 aromatic heterocycles. The summed E-state index contributed by atoms with van der Waals surface area (Å²) >= 11 is 0. The molecule has 3 N–H and O–H groups in total. The van der Waals surface area contributed by atoms with Gasteiger partial charge in [-0.05, 0) is 52.7 Å². The molecule has 2 aromatic rings. The van der Waals surface area contributed by atoms with Gasteiger partial charge in [0.15, 0.2) is 0 Å².